The van der Waals surface area contributed by atoms with E-state index in [0.29, 0.717) is 28.2 Å². The van der Waals surface area contributed by atoms with Gasteiger partial charge in [0.25, 0.3) is 0 Å². The molecule has 0 radical (unpaired) electrons. The van der Waals surface area contributed by atoms with Gasteiger partial charge in [-0.2, -0.15) is 0 Å². The van der Waals surface area contributed by atoms with Gasteiger partial charge in [-0.15, -0.1) is 0 Å². The molecule has 0 amide bonds. The van der Waals surface area contributed by atoms with Crippen LogP contribution in [0.15, 0.2) is 66.7 Å². The molecular formula is C20H21N3O3S. The molecule has 0 aliphatic rings. The van der Waals surface area contributed by atoms with E-state index in [-0.39, 0.29) is 5.78 Å². The number of rotatable bonds is 5. The number of hydrogen-bond donors (Lipinski definition) is 2. The molecule has 1 heterocycles. The number of nitrogen functional groups attached to an aromatic ring is 1. The first kappa shape index (κ1) is 18.9. The molecule has 0 fully saturated rings. The Morgan fingerprint density at radius 2 is 1.56 bits per heavy atom. The van der Waals surface area contributed by atoms with E-state index in [0.717, 1.165) is 0 Å². The average Bonchev–Trinajstić information content (AvgIpc) is 3.02. The molecule has 2 aromatic carbocycles. The Hall–Kier alpha value is -2.90. The zero-order valence-electron chi connectivity index (χ0n) is 15.1. The maximum atomic E-state index is 12.9. The summed E-state index contributed by atoms with van der Waals surface area (Å²) in [4.78, 5) is 12.9. The normalized spacial score (nSPS) is 13.9. The Balaban J connectivity index is 2.15. The molecule has 0 bridgehead atoms. The number of benzene rings is 2. The fourth-order valence-corrected chi connectivity index (χ4v) is 4.18. The van der Waals surface area contributed by atoms with Crippen molar-refractivity contribution in [1.29, 1.82) is 0 Å². The second-order valence-electron chi connectivity index (χ2n) is 6.56. The molecule has 0 saturated carbocycles. The van der Waals surface area contributed by atoms with Crippen molar-refractivity contribution < 1.29 is 13.2 Å². The standard InChI is InChI=1S/C20H21N3O3S/c1-20(27(22,25)26,15-6-4-3-5-7-15)18-13-12-17(23(18)2)19(24)14-8-10-16(21)11-9-14/h3-13H,21H2,1-2H3,(H2,22,25,26). The number of aromatic nitrogens is 1. The topological polar surface area (TPSA) is 108 Å². The van der Waals surface area contributed by atoms with Crippen molar-refractivity contribution in [3.05, 3.63) is 89.2 Å². The smallest absolute Gasteiger partial charge is 0.224 e. The molecule has 0 aliphatic carbocycles. The summed E-state index contributed by atoms with van der Waals surface area (Å²) < 4.78 is 25.2. The number of carbonyl (C=O) groups excluding carboxylic acids is 1. The van der Waals surface area contributed by atoms with E-state index in [9.17, 15) is 13.2 Å². The van der Waals surface area contributed by atoms with Crippen molar-refractivity contribution in [1.82, 2.24) is 4.57 Å². The zero-order valence-corrected chi connectivity index (χ0v) is 15.9. The van der Waals surface area contributed by atoms with Gasteiger partial charge in [0.2, 0.25) is 15.8 Å². The van der Waals surface area contributed by atoms with Gasteiger partial charge in [0, 0.05) is 24.0 Å². The molecule has 1 atom stereocenters. The summed E-state index contributed by atoms with van der Waals surface area (Å²) in [6.45, 7) is 1.55. The SMILES string of the molecule is Cn1c(C(=O)c2ccc(N)cc2)ccc1C(C)(c1ccccc1)S(N)(=O)=O. The van der Waals surface area contributed by atoms with E-state index in [1.54, 1.807) is 85.3 Å². The van der Waals surface area contributed by atoms with Gasteiger partial charge in [0.05, 0.1) is 5.69 Å². The Morgan fingerprint density at radius 1 is 0.963 bits per heavy atom. The number of carbonyl (C=O) groups is 1. The number of sulfonamides is 1. The first-order valence-electron chi connectivity index (χ1n) is 8.30. The van der Waals surface area contributed by atoms with E-state index in [1.165, 1.54) is 0 Å². The molecule has 140 valence electrons. The number of nitrogens with zero attached hydrogens (tertiary/aromatic N) is 1. The predicted octanol–water partition coefficient (Wildman–Crippen LogP) is 2.39. The van der Waals surface area contributed by atoms with Gasteiger partial charge < -0.3 is 10.3 Å². The van der Waals surface area contributed by atoms with E-state index in [1.807, 2.05) is 0 Å². The van der Waals surface area contributed by atoms with Gasteiger partial charge in [0.1, 0.15) is 4.75 Å². The van der Waals surface area contributed by atoms with E-state index >= 15 is 0 Å². The third kappa shape index (κ3) is 3.15. The summed E-state index contributed by atoms with van der Waals surface area (Å²) in [5, 5.41) is 5.62. The first-order chi connectivity index (χ1) is 12.7. The Labute approximate surface area is 158 Å². The summed E-state index contributed by atoms with van der Waals surface area (Å²) in [6.07, 6.45) is 0. The highest BCUT2D eigenvalue weighted by Crippen LogP contribution is 2.36. The van der Waals surface area contributed by atoms with E-state index < -0.39 is 14.8 Å². The summed E-state index contributed by atoms with van der Waals surface area (Å²) >= 11 is 0. The monoisotopic (exact) mass is 383 g/mol. The van der Waals surface area contributed by atoms with Crippen molar-refractivity contribution in [3.63, 3.8) is 0 Å². The summed E-state index contributed by atoms with van der Waals surface area (Å²) in [6, 6.07) is 18.5. The molecule has 1 aromatic heterocycles. The maximum absolute atomic E-state index is 12.9. The second kappa shape index (κ2) is 6.68. The minimum atomic E-state index is -4.02. The first-order valence-corrected chi connectivity index (χ1v) is 9.85. The van der Waals surface area contributed by atoms with Crippen LogP contribution in [-0.4, -0.2) is 18.8 Å². The molecular weight excluding hydrogens is 362 g/mol. The van der Waals surface area contributed by atoms with E-state index in [2.05, 4.69) is 0 Å². The van der Waals surface area contributed by atoms with Crippen LogP contribution in [0.5, 0.6) is 0 Å². The quantitative estimate of drug-likeness (QED) is 0.521. The van der Waals surface area contributed by atoms with Crippen LogP contribution in [0, 0.1) is 0 Å². The number of nitrogens with two attached hydrogens (primary N) is 2. The van der Waals surface area contributed by atoms with Crippen LogP contribution in [0.2, 0.25) is 0 Å². The van der Waals surface area contributed by atoms with Crippen LogP contribution in [0.3, 0.4) is 0 Å². The van der Waals surface area contributed by atoms with Gasteiger partial charge in [-0.05, 0) is 48.9 Å². The van der Waals surface area contributed by atoms with Crippen LogP contribution in [0.4, 0.5) is 5.69 Å². The molecule has 0 aliphatic heterocycles. The molecule has 7 heteroatoms. The Morgan fingerprint density at radius 3 is 2.11 bits per heavy atom. The van der Waals surface area contributed by atoms with Crippen molar-refractivity contribution in [3.8, 4) is 0 Å². The van der Waals surface area contributed by atoms with Gasteiger partial charge in [-0.3, -0.25) is 4.79 Å². The van der Waals surface area contributed by atoms with Crippen LogP contribution in [0.25, 0.3) is 0 Å². The van der Waals surface area contributed by atoms with Gasteiger partial charge in [-0.1, -0.05) is 30.3 Å². The lowest BCUT2D eigenvalue weighted by molar-refractivity contribution is 0.103. The lowest BCUT2D eigenvalue weighted by atomic mass is 9.96. The minimum absolute atomic E-state index is 0.228. The number of anilines is 1. The third-order valence-electron chi connectivity index (χ3n) is 4.91. The predicted molar refractivity (Wildman–Crippen MR) is 106 cm³/mol. The largest absolute Gasteiger partial charge is 0.399 e. The Bertz CT molecular complexity index is 1090. The molecule has 3 aromatic rings. The molecule has 4 N–H and O–H groups in total. The van der Waals surface area contributed by atoms with Gasteiger partial charge >= 0.3 is 0 Å². The van der Waals surface area contributed by atoms with E-state index in [4.69, 9.17) is 10.9 Å². The Kier molecular flexibility index (Phi) is 4.67. The fraction of sp³-hybridized carbons (Fsp3) is 0.150. The number of ketones is 1. The van der Waals surface area contributed by atoms with Crippen LogP contribution < -0.4 is 10.9 Å². The molecule has 3 rings (SSSR count). The van der Waals surface area contributed by atoms with Crippen molar-refractivity contribution >= 4 is 21.5 Å². The van der Waals surface area contributed by atoms with Crippen molar-refractivity contribution in [2.75, 3.05) is 5.73 Å². The highest BCUT2D eigenvalue weighted by Gasteiger charge is 2.43. The summed E-state index contributed by atoms with van der Waals surface area (Å²) in [5.74, 6) is -0.228. The lowest BCUT2D eigenvalue weighted by Gasteiger charge is -2.29. The average molecular weight is 383 g/mol. The minimum Gasteiger partial charge on any atom is -0.399 e. The third-order valence-corrected chi connectivity index (χ3v) is 6.49. The van der Waals surface area contributed by atoms with Crippen molar-refractivity contribution in [2.24, 2.45) is 12.2 Å². The van der Waals surface area contributed by atoms with Crippen LogP contribution in [-0.2, 0) is 21.8 Å². The summed E-state index contributed by atoms with van der Waals surface area (Å²) in [7, 11) is -2.37. The summed E-state index contributed by atoms with van der Waals surface area (Å²) in [5.41, 5.74) is 8.00. The fourth-order valence-electron chi connectivity index (χ4n) is 3.21. The molecule has 0 saturated heterocycles. The second-order valence-corrected chi connectivity index (χ2v) is 8.46. The highest BCUT2D eigenvalue weighted by atomic mass is 32.2. The van der Waals surface area contributed by atoms with Gasteiger partial charge in [0.15, 0.2) is 0 Å². The molecule has 27 heavy (non-hydrogen) atoms. The molecule has 0 spiro atoms. The molecule has 1 unspecified atom stereocenters. The molecule has 6 nitrogen and oxygen atoms in total. The maximum Gasteiger partial charge on any atom is 0.224 e. The number of primary sulfonamides is 1. The van der Waals surface area contributed by atoms with Crippen LogP contribution >= 0.6 is 0 Å². The number of hydrogen-bond acceptors (Lipinski definition) is 4. The van der Waals surface area contributed by atoms with Crippen molar-refractivity contribution in [2.45, 2.75) is 11.7 Å². The zero-order chi connectivity index (χ0) is 19.8. The van der Waals surface area contributed by atoms with Crippen LogP contribution in [0.1, 0.15) is 34.2 Å². The highest BCUT2D eigenvalue weighted by molar-refractivity contribution is 7.90. The van der Waals surface area contributed by atoms with Gasteiger partial charge in [-0.25, -0.2) is 13.6 Å². The lowest BCUT2D eigenvalue weighted by Crippen LogP contribution is -2.40.